The van der Waals surface area contributed by atoms with Crippen molar-refractivity contribution in [3.8, 4) is 0 Å². The van der Waals surface area contributed by atoms with Gasteiger partial charge < -0.3 is 9.73 Å². The highest BCUT2D eigenvalue weighted by atomic mass is 16.3. The molecule has 1 amide bonds. The lowest BCUT2D eigenvalue weighted by Crippen LogP contribution is -2.12. The van der Waals surface area contributed by atoms with Gasteiger partial charge in [0.25, 0.3) is 0 Å². The van der Waals surface area contributed by atoms with E-state index in [0.29, 0.717) is 18.8 Å². The fraction of sp³-hybridized carbons (Fsp3) is 0.278. The van der Waals surface area contributed by atoms with Crippen LogP contribution in [-0.2, 0) is 11.2 Å². The van der Waals surface area contributed by atoms with Crippen LogP contribution < -0.4 is 5.32 Å². The second-order valence-electron chi connectivity index (χ2n) is 5.88. The zero-order chi connectivity index (χ0) is 15.6. The third-order valence-electron chi connectivity index (χ3n) is 3.95. The fourth-order valence-corrected chi connectivity index (χ4v) is 2.54. The maximum atomic E-state index is 12.1. The Hall–Kier alpha value is -2.69. The van der Waals surface area contributed by atoms with Gasteiger partial charge in [-0.3, -0.25) is 9.78 Å². The Morgan fingerprint density at radius 3 is 2.96 bits per heavy atom. The van der Waals surface area contributed by atoms with Gasteiger partial charge in [-0.1, -0.05) is 6.07 Å². The highest BCUT2D eigenvalue weighted by Gasteiger charge is 2.28. The molecule has 1 aromatic carbocycles. The number of benzene rings is 1. The van der Waals surface area contributed by atoms with Crippen molar-refractivity contribution in [2.45, 2.75) is 31.6 Å². The van der Waals surface area contributed by atoms with Crippen molar-refractivity contribution in [2.24, 2.45) is 0 Å². The molecule has 0 bridgehead atoms. The molecule has 1 N–H and O–H groups in total. The summed E-state index contributed by atoms with van der Waals surface area (Å²) in [7, 11) is 0. The van der Waals surface area contributed by atoms with Gasteiger partial charge in [0.15, 0.2) is 11.5 Å². The van der Waals surface area contributed by atoms with Gasteiger partial charge in [0.05, 0.1) is 0 Å². The predicted octanol–water partition coefficient (Wildman–Crippen LogP) is 3.67. The van der Waals surface area contributed by atoms with Crippen LogP contribution in [0.5, 0.6) is 0 Å². The molecule has 0 atom stereocenters. The molecule has 5 nitrogen and oxygen atoms in total. The number of oxazole rings is 1. The Labute approximate surface area is 133 Å². The molecule has 23 heavy (non-hydrogen) atoms. The van der Waals surface area contributed by atoms with Crippen LogP contribution in [0.3, 0.4) is 0 Å². The number of hydrogen-bond donors (Lipinski definition) is 1. The van der Waals surface area contributed by atoms with E-state index in [1.807, 2.05) is 36.4 Å². The summed E-state index contributed by atoms with van der Waals surface area (Å²) in [6.07, 6.45) is 5.08. The van der Waals surface area contributed by atoms with Crippen LogP contribution in [0, 0.1) is 0 Å². The van der Waals surface area contributed by atoms with Crippen molar-refractivity contribution < 1.29 is 9.21 Å². The van der Waals surface area contributed by atoms with Crippen LogP contribution in [0.25, 0.3) is 11.1 Å². The first-order valence-electron chi connectivity index (χ1n) is 7.88. The predicted molar refractivity (Wildman–Crippen MR) is 87.2 cm³/mol. The highest BCUT2D eigenvalue weighted by molar-refractivity contribution is 5.92. The van der Waals surface area contributed by atoms with Gasteiger partial charge in [0.2, 0.25) is 5.91 Å². The zero-order valence-electron chi connectivity index (χ0n) is 12.7. The number of nitrogens with zero attached hydrogens (tertiary/aromatic N) is 2. The average Bonchev–Trinajstić information content (AvgIpc) is 3.34. The van der Waals surface area contributed by atoms with Crippen LogP contribution >= 0.6 is 0 Å². The largest absolute Gasteiger partial charge is 0.440 e. The number of carbonyl (C=O) groups excluding carboxylic acids is 1. The molecular formula is C18H17N3O2. The summed E-state index contributed by atoms with van der Waals surface area (Å²) in [5.74, 6) is 1.27. The smallest absolute Gasteiger partial charge is 0.224 e. The Kier molecular flexibility index (Phi) is 3.54. The molecule has 2 aromatic heterocycles. The summed E-state index contributed by atoms with van der Waals surface area (Å²) in [6.45, 7) is 0. The number of aryl methyl sites for hydroxylation is 1. The number of nitrogens with one attached hydrogen (secondary N) is 1. The van der Waals surface area contributed by atoms with Gasteiger partial charge >= 0.3 is 0 Å². The number of rotatable bonds is 5. The standard InChI is InChI=1S/C18H17N3O2/c22-17(9-7-13-3-1-2-10-19-13)20-14-6-8-15-16(11-14)23-18(21-15)12-4-5-12/h1-3,6,8,10-12H,4-5,7,9H2,(H,20,22). The monoisotopic (exact) mass is 307 g/mol. The van der Waals surface area contributed by atoms with E-state index in [2.05, 4.69) is 15.3 Å². The van der Waals surface area contributed by atoms with Crippen molar-refractivity contribution in [3.63, 3.8) is 0 Å². The Balaban J connectivity index is 1.41. The second kappa shape index (κ2) is 5.83. The SMILES string of the molecule is O=C(CCc1ccccn1)Nc1ccc2nc(C3CC3)oc2c1. The van der Waals surface area contributed by atoms with E-state index in [1.165, 1.54) is 0 Å². The van der Waals surface area contributed by atoms with Crippen LogP contribution in [-0.4, -0.2) is 15.9 Å². The van der Waals surface area contributed by atoms with Gasteiger partial charge in [-0.05, 0) is 43.5 Å². The number of amides is 1. The summed E-state index contributed by atoms with van der Waals surface area (Å²) in [6, 6.07) is 11.3. The van der Waals surface area contributed by atoms with E-state index in [4.69, 9.17) is 4.42 Å². The van der Waals surface area contributed by atoms with Crippen LogP contribution in [0.1, 0.15) is 36.8 Å². The molecular weight excluding hydrogens is 290 g/mol. The van der Waals surface area contributed by atoms with Crippen molar-refractivity contribution >= 4 is 22.7 Å². The highest BCUT2D eigenvalue weighted by Crippen LogP contribution is 2.40. The maximum absolute atomic E-state index is 12.1. The normalized spacial score (nSPS) is 14.1. The van der Waals surface area contributed by atoms with Crippen LogP contribution in [0.2, 0.25) is 0 Å². The Morgan fingerprint density at radius 2 is 2.17 bits per heavy atom. The van der Waals surface area contributed by atoms with Gasteiger partial charge in [0.1, 0.15) is 5.52 Å². The third kappa shape index (κ3) is 3.23. The van der Waals surface area contributed by atoms with Crippen molar-refractivity contribution in [3.05, 3.63) is 54.2 Å². The molecule has 4 rings (SSSR count). The van der Waals surface area contributed by atoms with Gasteiger partial charge in [0, 0.05) is 36.0 Å². The maximum Gasteiger partial charge on any atom is 0.224 e. The zero-order valence-corrected chi connectivity index (χ0v) is 12.7. The minimum Gasteiger partial charge on any atom is -0.440 e. The third-order valence-corrected chi connectivity index (χ3v) is 3.95. The van der Waals surface area contributed by atoms with Gasteiger partial charge in [-0.25, -0.2) is 4.98 Å². The first-order chi connectivity index (χ1) is 11.3. The molecule has 5 heteroatoms. The first kappa shape index (κ1) is 13.9. The topological polar surface area (TPSA) is 68.0 Å². The van der Waals surface area contributed by atoms with Crippen molar-refractivity contribution in [1.29, 1.82) is 0 Å². The number of anilines is 1. The van der Waals surface area contributed by atoms with E-state index in [9.17, 15) is 4.79 Å². The van der Waals surface area contributed by atoms with E-state index in [1.54, 1.807) is 6.20 Å². The van der Waals surface area contributed by atoms with Crippen LogP contribution in [0.15, 0.2) is 47.0 Å². The lowest BCUT2D eigenvalue weighted by atomic mass is 10.2. The molecule has 1 fully saturated rings. The number of pyridine rings is 1. The quantitative estimate of drug-likeness (QED) is 0.781. The van der Waals surface area contributed by atoms with Crippen molar-refractivity contribution in [1.82, 2.24) is 9.97 Å². The van der Waals surface area contributed by atoms with E-state index in [0.717, 1.165) is 41.2 Å². The lowest BCUT2D eigenvalue weighted by molar-refractivity contribution is -0.116. The lowest BCUT2D eigenvalue weighted by Gasteiger charge is -2.04. The first-order valence-corrected chi connectivity index (χ1v) is 7.88. The molecule has 0 saturated heterocycles. The molecule has 0 aliphatic heterocycles. The summed E-state index contributed by atoms with van der Waals surface area (Å²) >= 11 is 0. The number of hydrogen-bond acceptors (Lipinski definition) is 4. The van der Waals surface area contributed by atoms with E-state index < -0.39 is 0 Å². The average molecular weight is 307 g/mol. The van der Waals surface area contributed by atoms with Gasteiger partial charge in [-0.15, -0.1) is 0 Å². The number of carbonyl (C=O) groups is 1. The summed E-state index contributed by atoms with van der Waals surface area (Å²) in [4.78, 5) is 20.8. The van der Waals surface area contributed by atoms with Gasteiger partial charge in [-0.2, -0.15) is 0 Å². The molecule has 0 radical (unpaired) electrons. The summed E-state index contributed by atoms with van der Waals surface area (Å²) < 4.78 is 5.77. The molecule has 2 heterocycles. The number of fused-ring (bicyclic) bond motifs is 1. The summed E-state index contributed by atoms with van der Waals surface area (Å²) in [5, 5.41) is 2.90. The van der Waals surface area contributed by atoms with Crippen LogP contribution in [0.4, 0.5) is 5.69 Å². The van der Waals surface area contributed by atoms with Crippen molar-refractivity contribution in [2.75, 3.05) is 5.32 Å². The minimum atomic E-state index is -0.0306. The summed E-state index contributed by atoms with van der Waals surface area (Å²) in [5.41, 5.74) is 3.23. The van der Waals surface area contributed by atoms with E-state index in [-0.39, 0.29) is 5.91 Å². The fourth-order valence-electron chi connectivity index (χ4n) is 2.54. The Morgan fingerprint density at radius 1 is 1.26 bits per heavy atom. The molecule has 1 aliphatic carbocycles. The molecule has 116 valence electrons. The molecule has 1 aliphatic rings. The molecule has 0 unspecified atom stereocenters. The number of aromatic nitrogens is 2. The second-order valence-corrected chi connectivity index (χ2v) is 5.88. The molecule has 0 spiro atoms. The Bertz CT molecular complexity index is 838. The van der Waals surface area contributed by atoms with E-state index >= 15 is 0 Å². The minimum absolute atomic E-state index is 0.0306. The molecule has 1 saturated carbocycles. The molecule has 3 aromatic rings.